The minimum atomic E-state index is 0.428. The number of aromatic nitrogens is 3. The molecule has 0 radical (unpaired) electrons. The highest BCUT2D eigenvalue weighted by Crippen LogP contribution is 2.27. The Bertz CT molecular complexity index is 623. The Hall–Kier alpha value is -2.48. The largest absolute Gasteiger partial charge is 0.481 e. The number of methoxy groups -OCH3 is 1. The molecule has 2 aromatic heterocycles. The second kappa shape index (κ2) is 6.11. The second-order valence-electron chi connectivity index (χ2n) is 4.39. The maximum absolute atomic E-state index is 6.17. The molecule has 2 aromatic rings. The van der Waals surface area contributed by atoms with Gasteiger partial charge in [0.2, 0.25) is 5.88 Å². The van der Waals surface area contributed by atoms with Gasteiger partial charge in [-0.05, 0) is 12.5 Å². The number of hydrogen-bond acceptors (Lipinski definition) is 4. The van der Waals surface area contributed by atoms with Crippen LogP contribution in [0.4, 0.5) is 5.82 Å². The molecule has 0 amide bonds. The zero-order valence-electron chi connectivity index (χ0n) is 11.8. The Morgan fingerprint density at radius 3 is 2.80 bits per heavy atom. The van der Waals surface area contributed by atoms with Crippen LogP contribution >= 0.6 is 0 Å². The summed E-state index contributed by atoms with van der Waals surface area (Å²) in [5, 5.41) is 0. The fourth-order valence-corrected chi connectivity index (χ4v) is 2.05. The molecular weight excluding hydrogens is 252 g/mol. The number of nitrogens with two attached hydrogens (primary N) is 1. The molecule has 0 saturated heterocycles. The van der Waals surface area contributed by atoms with E-state index in [9.17, 15) is 0 Å². The Morgan fingerprint density at radius 2 is 2.25 bits per heavy atom. The van der Waals surface area contributed by atoms with E-state index < -0.39 is 0 Å². The van der Waals surface area contributed by atoms with Gasteiger partial charge in [-0.25, -0.2) is 9.97 Å². The summed E-state index contributed by atoms with van der Waals surface area (Å²) >= 11 is 0. The van der Waals surface area contributed by atoms with Crippen molar-refractivity contribution in [1.82, 2.24) is 14.5 Å². The first-order valence-electron chi connectivity index (χ1n) is 6.50. The van der Waals surface area contributed by atoms with Crippen molar-refractivity contribution in [3.8, 4) is 29.5 Å². The molecule has 0 aliphatic heterocycles. The third-order valence-corrected chi connectivity index (χ3v) is 3.03. The van der Waals surface area contributed by atoms with Crippen LogP contribution in [0.5, 0.6) is 5.88 Å². The number of nitrogens with zero attached hydrogens (tertiary/aromatic N) is 3. The summed E-state index contributed by atoms with van der Waals surface area (Å²) in [6.45, 7) is 2.53. The maximum Gasteiger partial charge on any atom is 0.212 e. The van der Waals surface area contributed by atoms with E-state index >= 15 is 0 Å². The SMILES string of the molecule is C#CCn1c(CCC)nc(-c2ccc(OC)nc2)c1N. The zero-order valence-corrected chi connectivity index (χ0v) is 11.8. The summed E-state index contributed by atoms with van der Waals surface area (Å²) in [6, 6.07) is 3.68. The monoisotopic (exact) mass is 270 g/mol. The van der Waals surface area contributed by atoms with Crippen LogP contribution in [0.25, 0.3) is 11.3 Å². The first-order valence-corrected chi connectivity index (χ1v) is 6.50. The fraction of sp³-hybridized carbons (Fsp3) is 0.333. The summed E-state index contributed by atoms with van der Waals surface area (Å²) in [4.78, 5) is 8.78. The highest BCUT2D eigenvalue weighted by Gasteiger charge is 2.15. The van der Waals surface area contributed by atoms with Gasteiger partial charge < -0.3 is 15.0 Å². The molecule has 0 saturated carbocycles. The molecule has 0 aromatic carbocycles. The average molecular weight is 270 g/mol. The van der Waals surface area contributed by atoms with E-state index in [0.717, 1.165) is 29.9 Å². The van der Waals surface area contributed by atoms with Gasteiger partial charge in [-0.3, -0.25) is 0 Å². The number of pyridine rings is 1. The number of rotatable bonds is 5. The van der Waals surface area contributed by atoms with Crippen molar-refractivity contribution >= 4 is 5.82 Å². The van der Waals surface area contributed by atoms with E-state index in [0.29, 0.717) is 18.2 Å². The minimum Gasteiger partial charge on any atom is -0.481 e. The molecule has 0 bridgehead atoms. The lowest BCUT2D eigenvalue weighted by molar-refractivity contribution is 0.398. The molecule has 5 heteroatoms. The molecule has 2 N–H and O–H groups in total. The second-order valence-corrected chi connectivity index (χ2v) is 4.39. The van der Waals surface area contributed by atoms with Crippen LogP contribution in [0.1, 0.15) is 19.2 Å². The van der Waals surface area contributed by atoms with Crippen molar-refractivity contribution in [2.75, 3.05) is 12.8 Å². The number of imidazole rings is 1. The Balaban J connectivity index is 2.45. The fourth-order valence-electron chi connectivity index (χ4n) is 2.05. The van der Waals surface area contributed by atoms with Gasteiger partial charge in [0.05, 0.1) is 13.7 Å². The molecule has 0 unspecified atom stereocenters. The number of ether oxygens (including phenoxy) is 1. The van der Waals surface area contributed by atoms with Gasteiger partial charge >= 0.3 is 0 Å². The van der Waals surface area contributed by atoms with Crippen LogP contribution in [0.15, 0.2) is 18.3 Å². The quantitative estimate of drug-likeness (QED) is 0.845. The van der Waals surface area contributed by atoms with Crippen LogP contribution in [0.3, 0.4) is 0 Å². The highest BCUT2D eigenvalue weighted by atomic mass is 16.5. The van der Waals surface area contributed by atoms with Crippen molar-refractivity contribution < 1.29 is 4.74 Å². The molecule has 2 rings (SSSR count). The molecule has 104 valence electrons. The number of aryl methyl sites for hydroxylation is 1. The zero-order chi connectivity index (χ0) is 14.5. The molecular formula is C15H18N4O. The molecule has 0 atom stereocenters. The van der Waals surface area contributed by atoms with E-state index in [1.165, 1.54) is 0 Å². The maximum atomic E-state index is 6.17. The lowest BCUT2D eigenvalue weighted by Crippen LogP contribution is -2.06. The summed E-state index contributed by atoms with van der Waals surface area (Å²) in [5.74, 6) is 4.67. The van der Waals surface area contributed by atoms with Crippen molar-refractivity contribution in [3.63, 3.8) is 0 Å². The summed E-state index contributed by atoms with van der Waals surface area (Å²) in [6.07, 6.45) is 8.93. The number of terminal acetylenes is 1. The van der Waals surface area contributed by atoms with E-state index in [2.05, 4.69) is 22.8 Å². The molecule has 0 aliphatic carbocycles. The number of anilines is 1. The molecule has 0 fully saturated rings. The normalized spacial score (nSPS) is 10.2. The Labute approximate surface area is 118 Å². The van der Waals surface area contributed by atoms with Crippen LogP contribution in [0.2, 0.25) is 0 Å². The Morgan fingerprint density at radius 1 is 1.45 bits per heavy atom. The topological polar surface area (TPSA) is 66.0 Å². The third-order valence-electron chi connectivity index (χ3n) is 3.03. The number of nitrogen functional groups attached to an aromatic ring is 1. The number of hydrogen-bond donors (Lipinski definition) is 1. The molecule has 5 nitrogen and oxygen atoms in total. The standard InChI is InChI=1S/C15H18N4O/c1-4-6-12-18-14(15(16)19(12)9-5-2)11-7-8-13(20-3)17-10-11/h2,7-8,10H,4,6,9,16H2,1,3H3. The Kier molecular flexibility index (Phi) is 4.26. The smallest absolute Gasteiger partial charge is 0.212 e. The van der Waals surface area contributed by atoms with Crippen LogP contribution in [0, 0.1) is 12.3 Å². The summed E-state index contributed by atoms with van der Waals surface area (Å²) in [7, 11) is 1.58. The van der Waals surface area contributed by atoms with E-state index in [-0.39, 0.29) is 0 Å². The predicted molar refractivity (Wildman–Crippen MR) is 79.3 cm³/mol. The van der Waals surface area contributed by atoms with Gasteiger partial charge in [-0.1, -0.05) is 12.8 Å². The van der Waals surface area contributed by atoms with Crippen molar-refractivity contribution in [3.05, 3.63) is 24.2 Å². The van der Waals surface area contributed by atoms with E-state index in [1.807, 2.05) is 10.6 Å². The first-order chi connectivity index (χ1) is 9.71. The van der Waals surface area contributed by atoms with Gasteiger partial charge in [0.1, 0.15) is 17.3 Å². The first kappa shape index (κ1) is 13.9. The van der Waals surface area contributed by atoms with Gasteiger partial charge in [0.25, 0.3) is 0 Å². The van der Waals surface area contributed by atoms with Gasteiger partial charge in [0.15, 0.2) is 0 Å². The average Bonchev–Trinajstić information content (AvgIpc) is 2.77. The van der Waals surface area contributed by atoms with Gasteiger partial charge in [0, 0.05) is 24.2 Å². The molecule has 0 spiro atoms. The van der Waals surface area contributed by atoms with Gasteiger partial charge in [-0.15, -0.1) is 6.42 Å². The van der Waals surface area contributed by atoms with Crippen molar-refractivity contribution in [2.24, 2.45) is 0 Å². The highest BCUT2D eigenvalue weighted by molar-refractivity contribution is 5.70. The van der Waals surface area contributed by atoms with Crippen LogP contribution < -0.4 is 10.5 Å². The lowest BCUT2D eigenvalue weighted by atomic mass is 10.2. The van der Waals surface area contributed by atoms with E-state index in [4.69, 9.17) is 16.9 Å². The predicted octanol–water partition coefficient (Wildman–Crippen LogP) is 2.12. The van der Waals surface area contributed by atoms with Crippen LogP contribution in [-0.2, 0) is 13.0 Å². The van der Waals surface area contributed by atoms with E-state index in [1.54, 1.807) is 19.4 Å². The van der Waals surface area contributed by atoms with Gasteiger partial charge in [-0.2, -0.15) is 0 Å². The minimum absolute atomic E-state index is 0.428. The van der Waals surface area contributed by atoms with Crippen molar-refractivity contribution in [2.45, 2.75) is 26.3 Å². The van der Waals surface area contributed by atoms with Crippen molar-refractivity contribution in [1.29, 1.82) is 0 Å². The molecule has 20 heavy (non-hydrogen) atoms. The molecule has 2 heterocycles. The summed E-state index contributed by atoms with van der Waals surface area (Å²) < 4.78 is 6.92. The third kappa shape index (κ3) is 2.59. The van der Waals surface area contributed by atoms with Crippen LogP contribution in [-0.4, -0.2) is 21.6 Å². The lowest BCUT2D eigenvalue weighted by Gasteiger charge is -2.05. The molecule has 0 aliphatic rings. The summed E-state index contributed by atoms with van der Waals surface area (Å²) in [5.41, 5.74) is 7.75.